The van der Waals surface area contributed by atoms with Gasteiger partial charge in [-0.15, -0.1) is 0 Å². The van der Waals surface area contributed by atoms with Gasteiger partial charge in [-0.1, -0.05) is 17.7 Å². The van der Waals surface area contributed by atoms with Crippen LogP contribution in [0.3, 0.4) is 0 Å². The summed E-state index contributed by atoms with van der Waals surface area (Å²) in [6, 6.07) is 6.43. The van der Waals surface area contributed by atoms with Crippen molar-refractivity contribution in [3.63, 3.8) is 0 Å². The first kappa shape index (κ1) is 13.9. The number of hydrogen-bond acceptors (Lipinski definition) is 4. The van der Waals surface area contributed by atoms with Crippen molar-refractivity contribution in [2.24, 2.45) is 0 Å². The van der Waals surface area contributed by atoms with Crippen LogP contribution < -0.4 is 10.2 Å². The maximum atomic E-state index is 4.40. The Morgan fingerprint density at radius 1 is 0.952 bits per heavy atom. The van der Waals surface area contributed by atoms with E-state index in [-0.39, 0.29) is 0 Å². The number of nitrogens with zero attached hydrogens (tertiary/aromatic N) is 3. The van der Waals surface area contributed by atoms with Crippen molar-refractivity contribution in [3.05, 3.63) is 41.2 Å². The zero-order chi connectivity index (χ0) is 14.8. The lowest BCUT2D eigenvalue weighted by Crippen LogP contribution is -2.19. The van der Waals surface area contributed by atoms with Crippen LogP contribution in [0.4, 0.5) is 17.3 Å². The van der Waals surface area contributed by atoms with Gasteiger partial charge in [0, 0.05) is 24.8 Å². The Bertz CT molecular complexity index is 622. The molecule has 2 heterocycles. The molecule has 1 saturated heterocycles. The van der Waals surface area contributed by atoms with Crippen LogP contribution >= 0.6 is 0 Å². The Kier molecular flexibility index (Phi) is 3.78. The Morgan fingerprint density at radius 3 is 2.29 bits per heavy atom. The minimum atomic E-state index is 0.863. The second kappa shape index (κ2) is 5.72. The molecular weight excluding hydrogens is 260 g/mol. The van der Waals surface area contributed by atoms with Crippen molar-refractivity contribution in [1.29, 1.82) is 0 Å². The highest BCUT2D eigenvalue weighted by Gasteiger charge is 2.14. The highest BCUT2D eigenvalue weighted by molar-refractivity contribution is 5.66. The van der Waals surface area contributed by atoms with Gasteiger partial charge in [0.2, 0.25) is 0 Å². The van der Waals surface area contributed by atoms with Gasteiger partial charge >= 0.3 is 0 Å². The molecule has 21 heavy (non-hydrogen) atoms. The molecule has 0 spiro atoms. The van der Waals surface area contributed by atoms with Crippen LogP contribution in [0.15, 0.2) is 24.5 Å². The number of aromatic nitrogens is 2. The standard InChI is InChI=1S/C17H22N4/c1-12-8-13(2)17(14(3)9-12)20-15-10-16(19-11-18-15)21-6-4-5-7-21/h8-11H,4-7H2,1-3H3,(H,18,19,20). The number of anilines is 3. The molecule has 1 aromatic carbocycles. The molecule has 1 aromatic heterocycles. The largest absolute Gasteiger partial charge is 0.356 e. The lowest BCUT2D eigenvalue weighted by Gasteiger charge is -2.18. The Hall–Kier alpha value is -2.10. The van der Waals surface area contributed by atoms with Gasteiger partial charge in [-0.3, -0.25) is 0 Å². The third-order valence-electron chi connectivity index (χ3n) is 4.01. The second-order valence-corrected chi connectivity index (χ2v) is 5.85. The molecule has 2 aromatic rings. The highest BCUT2D eigenvalue weighted by Crippen LogP contribution is 2.26. The van der Waals surface area contributed by atoms with E-state index < -0.39 is 0 Å². The van der Waals surface area contributed by atoms with Crippen molar-refractivity contribution in [3.8, 4) is 0 Å². The van der Waals surface area contributed by atoms with Crippen molar-refractivity contribution in [1.82, 2.24) is 9.97 Å². The molecule has 0 saturated carbocycles. The molecule has 1 aliphatic rings. The second-order valence-electron chi connectivity index (χ2n) is 5.85. The monoisotopic (exact) mass is 282 g/mol. The molecule has 0 amide bonds. The summed E-state index contributed by atoms with van der Waals surface area (Å²) < 4.78 is 0. The lowest BCUT2D eigenvalue weighted by molar-refractivity contribution is 0.928. The van der Waals surface area contributed by atoms with Gasteiger partial charge in [0.15, 0.2) is 0 Å². The van der Waals surface area contributed by atoms with Gasteiger partial charge in [0.25, 0.3) is 0 Å². The van der Waals surface area contributed by atoms with Gasteiger partial charge in [0.05, 0.1) is 0 Å². The SMILES string of the molecule is Cc1cc(C)c(Nc2cc(N3CCCC3)ncn2)c(C)c1. The van der Waals surface area contributed by atoms with Gasteiger partial charge in [-0.25, -0.2) is 9.97 Å². The average molecular weight is 282 g/mol. The molecule has 0 bridgehead atoms. The lowest BCUT2D eigenvalue weighted by atomic mass is 10.1. The molecule has 1 N–H and O–H groups in total. The van der Waals surface area contributed by atoms with Gasteiger partial charge in [-0.2, -0.15) is 0 Å². The van der Waals surface area contributed by atoms with Crippen LogP contribution in [0.25, 0.3) is 0 Å². The van der Waals surface area contributed by atoms with E-state index in [9.17, 15) is 0 Å². The molecule has 3 rings (SSSR count). The summed E-state index contributed by atoms with van der Waals surface area (Å²) in [6.07, 6.45) is 4.15. The fourth-order valence-electron chi connectivity index (χ4n) is 3.04. The fourth-order valence-corrected chi connectivity index (χ4v) is 3.04. The molecule has 110 valence electrons. The Balaban J connectivity index is 1.86. The first-order chi connectivity index (χ1) is 10.1. The van der Waals surface area contributed by atoms with Crippen molar-refractivity contribution < 1.29 is 0 Å². The summed E-state index contributed by atoms with van der Waals surface area (Å²) in [4.78, 5) is 11.1. The van der Waals surface area contributed by atoms with E-state index in [2.05, 4.69) is 53.1 Å². The summed E-state index contributed by atoms with van der Waals surface area (Å²) >= 11 is 0. The first-order valence-corrected chi connectivity index (χ1v) is 7.55. The van der Waals surface area contributed by atoms with E-state index in [1.807, 2.05) is 6.07 Å². The first-order valence-electron chi connectivity index (χ1n) is 7.55. The predicted octanol–water partition coefficient (Wildman–Crippen LogP) is 3.75. The van der Waals surface area contributed by atoms with E-state index in [0.717, 1.165) is 30.4 Å². The molecule has 0 aliphatic carbocycles. The summed E-state index contributed by atoms with van der Waals surface area (Å²) in [5.41, 5.74) is 4.92. The zero-order valence-corrected chi connectivity index (χ0v) is 13.0. The minimum absolute atomic E-state index is 0.863. The summed E-state index contributed by atoms with van der Waals surface area (Å²) in [6.45, 7) is 8.58. The van der Waals surface area contributed by atoms with E-state index in [0.29, 0.717) is 0 Å². The molecule has 0 radical (unpaired) electrons. The van der Waals surface area contributed by atoms with E-state index >= 15 is 0 Å². The molecular formula is C17H22N4. The Labute approximate surface area is 126 Å². The van der Waals surface area contributed by atoms with E-state index in [4.69, 9.17) is 0 Å². The average Bonchev–Trinajstić information content (AvgIpc) is 2.97. The van der Waals surface area contributed by atoms with Gasteiger partial charge in [-0.05, 0) is 44.7 Å². The maximum absolute atomic E-state index is 4.40. The van der Waals surface area contributed by atoms with Gasteiger partial charge in [0.1, 0.15) is 18.0 Å². The molecule has 1 fully saturated rings. The number of rotatable bonds is 3. The molecule has 0 unspecified atom stereocenters. The molecule has 4 heteroatoms. The number of benzene rings is 1. The third-order valence-corrected chi connectivity index (χ3v) is 4.01. The molecule has 1 aliphatic heterocycles. The molecule has 4 nitrogen and oxygen atoms in total. The third kappa shape index (κ3) is 2.99. The van der Waals surface area contributed by atoms with Crippen LogP contribution in [0.1, 0.15) is 29.5 Å². The smallest absolute Gasteiger partial charge is 0.135 e. The van der Waals surface area contributed by atoms with Crippen molar-refractivity contribution >= 4 is 17.3 Å². The summed E-state index contributed by atoms with van der Waals surface area (Å²) in [5, 5.41) is 3.45. The van der Waals surface area contributed by atoms with Crippen LogP contribution in [0, 0.1) is 20.8 Å². The maximum Gasteiger partial charge on any atom is 0.135 e. The quantitative estimate of drug-likeness (QED) is 0.931. The normalized spacial score (nSPS) is 14.5. The zero-order valence-electron chi connectivity index (χ0n) is 13.0. The van der Waals surface area contributed by atoms with E-state index in [1.165, 1.54) is 29.5 Å². The van der Waals surface area contributed by atoms with Crippen LogP contribution in [-0.4, -0.2) is 23.1 Å². The van der Waals surface area contributed by atoms with Crippen molar-refractivity contribution in [2.75, 3.05) is 23.3 Å². The summed E-state index contributed by atoms with van der Waals surface area (Å²) in [5.74, 6) is 1.88. The number of nitrogens with one attached hydrogen (secondary N) is 1. The van der Waals surface area contributed by atoms with Crippen molar-refractivity contribution in [2.45, 2.75) is 33.6 Å². The number of aryl methyl sites for hydroxylation is 3. The van der Waals surface area contributed by atoms with E-state index in [1.54, 1.807) is 6.33 Å². The topological polar surface area (TPSA) is 41.0 Å². The predicted molar refractivity (Wildman–Crippen MR) is 87.4 cm³/mol. The Morgan fingerprint density at radius 2 is 1.62 bits per heavy atom. The molecule has 0 atom stereocenters. The van der Waals surface area contributed by atoms with Crippen LogP contribution in [0.5, 0.6) is 0 Å². The van der Waals surface area contributed by atoms with Crippen LogP contribution in [-0.2, 0) is 0 Å². The number of hydrogen-bond donors (Lipinski definition) is 1. The summed E-state index contributed by atoms with van der Waals surface area (Å²) in [7, 11) is 0. The highest BCUT2D eigenvalue weighted by atomic mass is 15.2. The minimum Gasteiger partial charge on any atom is -0.356 e. The van der Waals surface area contributed by atoms with Crippen LogP contribution in [0.2, 0.25) is 0 Å². The van der Waals surface area contributed by atoms with Gasteiger partial charge < -0.3 is 10.2 Å². The fraction of sp³-hybridized carbons (Fsp3) is 0.412.